The van der Waals surface area contributed by atoms with Gasteiger partial charge in [0.05, 0.1) is 11.4 Å². The highest BCUT2D eigenvalue weighted by atomic mass is 16.2. The number of aromatic nitrogens is 2. The van der Waals surface area contributed by atoms with Gasteiger partial charge in [-0.05, 0) is 32.1 Å². The lowest BCUT2D eigenvalue weighted by molar-refractivity contribution is 0.0546. The summed E-state index contributed by atoms with van der Waals surface area (Å²) >= 11 is 0. The largest absolute Gasteiger partial charge is 0.395 e. The van der Waals surface area contributed by atoms with Gasteiger partial charge in [0.15, 0.2) is 5.69 Å². The van der Waals surface area contributed by atoms with Gasteiger partial charge in [0.25, 0.3) is 5.91 Å². The van der Waals surface area contributed by atoms with E-state index in [4.69, 9.17) is 5.73 Å². The molecule has 0 aliphatic carbocycles. The molecule has 0 saturated carbocycles. The molecule has 5 nitrogen and oxygen atoms in total. The fourth-order valence-corrected chi connectivity index (χ4v) is 2.58. The molecule has 1 aliphatic rings. The number of piperidine rings is 1. The summed E-state index contributed by atoms with van der Waals surface area (Å²) in [5.74, 6) is 0.496. The number of likely N-dealkylation sites (tertiary alicyclic amines) is 1. The summed E-state index contributed by atoms with van der Waals surface area (Å²) in [5.41, 5.74) is 7.69. The molecule has 0 radical (unpaired) electrons. The zero-order valence-electron chi connectivity index (χ0n) is 11.4. The monoisotopic (exact) mass is 250 g/mol. The summed E-state index contributed by atoms with van der Waals surface area (Å²) in [5, 5.41) is 6.93. The standard InChI is InChI=1S/C13H22N4O/c1-4-10-11(14)12(16-15-10)13(18)17-7-5-6-8(2)9(17)3/h8-9H,4-7,14H2,1-3H3,(H,15,16). The second-order valence-electron chi connectivity index (χ2n) is 5.18. The maximum atomic E-state index is 12.5. The molecule has 2 unspecified atom stereocenters. The van der Waals surface area contributed by atoms with Crippen LogP contribution < -0.4 is 5.73 Å². The van der Waals surface area contributed by atoms with E-state index in [0.29, 0.717) is 17.3 Å². The SMILES string of the molecule is CCc1[nH]nc(C(=O)N2CCCC(C)C2C)c1N. The number of anilines is 1. The van der Waals surface area contributed by atoms with Gasteiger partial charge in [-0.3, -0.25) is 9.89 Å². The lowest BCUT2D eigenvalue weighted by atomic mass is 9.92. The third kappa shape index (κ3) is 2.09. The van der Waals surface area contributed by atoms with Crippen molar-refractivity contribution in [2.24, 2.45) is 5.92 Å². The van der Waals surface area contributed by atoms with Crippen LogP contribution in [0.5, 0.6) is 0 Å². The number of hydrogen-bond acceptors (Lipinski definition) is 3. The maximum absolute atomic E-state index is 12.5. The second-order valence-corrected chi connectivity index (χ2v) is 5.18. The number of carbonyl (C=O) groups is 1. The molecular weight excluding hydrogens is 228 g/mol. The van der Waals surface area contributed by atoms with Crippen molar-refractivity contribution >= 4 is 11.6 Å². The summed E-state index contributed by atoms with van der Waals surface area (Å²) < 4.78 is 0. The Labute approximate surface area is 108 Å². The molecule has 1 aromatic heterocycles. The predicted octanol–water partition coefficient (Wildman–Crippen LogP) is 1.81. The Morgan fingerprint density at radius 2 is 2.28 bits per heavy atom. The molecule has 2 atom stereocenters. The van der Waals surface area contributed by atoms with Crippen LogP contribution in [0.2, 0.25) is 0 Å². The number of nitrogens with one attached hydrogen (secondary N) is 1. The molecule has 100 valence electrons. The normalized spacial score (nSPS) is 24.3. The highest BCUT2D eigenvalue weighted by molar-refractivity contribution is 5.97. The summed E-state index contributed by atoms with van der Waals surface area (Å²) in [7, 11) is 0. The average Bonchev–Trinajstić information content (AvgIpc) is 2.73. The first-order valence-electron chi connectivity index (χ1n) is 6.69. The quantitative estimate of drug-likeness (QED) is 0.840. The third-order valence-corrected chi connectivity index (χ3v) is 4.07. The van der Waals surface area contributed by atoms with Gasteiger partial charge >= 0.3 is 0 Å². The smallest absolute Gasteiger partial charge is 0.276 e. The molecule has 0 bridgehead atoms. The topological polar surface area (TPSA) is 75.0 Å². The highest BCUT2D eigenvalue weighted by Gasteiger charge is 2.31. The maximum Gasteiger partial charge on any atom is 0.276 e. The first-order chi connectivity index (χ1) is 8.56. The molecule has 18 heavy (non-hydrogen) atoms. The van der Waals surface area contributed by atoms with E-state index in [0.717, 1.165) is 25.1 Å². The lowest BCUT2D eigenvalue weighted by Crippen LogP contribution is -2.46. The molecule has 1 aliphatic heterocycles. The number of aromatic amines is 1. The number of nitrogens with two attached hydrogens (primary N) is 1. The second kappa shape index (κ2) is 5.00. The molecular formula is C13H22N4O. The summed E-state index contributed by atoms with van der Waals surface area (Å²) in [6.07, 6.45) is 3.00. The van der Waals surface area contributed by atoms with E-state index in [1.54, 1.807) is 0 Å². The lowest BCUT2D eigenvalue weighted by Gasteiger charge is -2.37. The Morgan fingerprint density at radius 1 is 1.56 bits per heavy atom. The molecule has 1 amide bonds. The van der Waals surface area contributed by atoms with Crippen LogP contribution in [0.15, 0.2) is 0 Å². The zero-order chi connectivity index (χ0) is 13.3. The van der Waals surface area contributed by atoms with Gasteiger partial charge in [0, 0.05) is 12.6 Å². The Kier molecular flexibility index (Phi) is 3.59. The fourth-order valence-electron chi connectivity index (χ4n) is 2.58. The van der Waals surface area contributed by atoms with Crippen LogP contribution in [0.1, 0.15) is 49.8 Å². The van der Waals surface area contributed by atoms with Crippen LogP contribution in [-0.4, -0.2) is 33.6 Å². The first kappa shape index (κ1) is 12.9. The van der Waals surface area contributed by atoms with E-state index < -0.39 is 0 Å². The summed E-state index contributed by atoms with van der Waals surface area (Å²) in [6, 6.07) is 0.257. The fraction of sp³-hybridized carbons (Fsp3) is 0.692. The van der Waals surface area contributed by atoms with Crippen LogP contribution in [-0.2, 0) is 6.42 Å². The number of H-pyrrole nitrogens is 1. The van der Waals surface area contributed by atoms with E-state index in [1.165, 1.54) is 6.42 Å². The van der Waals surface area contributed by atoms with Gasteiger partial charge < -0.3 is 10.6 Å². The number of hydrogen-bond donors (Lipinski definition) is 2. The van der Waals surface area contributed by atoms with Crippen molar-refractivity contribution in [3.63, 3.8) is 0 Å². The van der Waals surface area contributed by atoms with Crippen molar-refractivity contribution < 1.29 is 4.79 Å². The van der Waals surface area contributed by atoms with Crippen molar-refractivity contribution in [3.8, 4) is 0 Å². The number of carbonyl (C=O) groups excluding carboxylic acids is 1. The third-order valence-electron chi connectivity index (χ3n) is 4.07. The van der Waals surface area contributed by atoms with E-state index in [2.05, 4.69) is 24.0 Å². The van der Waals surface area contributed by atoms with Gasteiger partial charge in [-0.15, -0.1) is 0 Å². The number of rotatable bonds is 2. The molecule has 1 aromatic rings. The first-order valence-corrected chi connectivity index (χ1v) is 6.69. The Hall–Kier alpha value is -1.52. The van der Waals surface area contributed by atoms with Gasteiger partial charge in [0.2, 0.25) is 0 Å². The molecule has 0 spiro atoms. The van der Waals surface area contributed by atoms with Crippen LogP contribution >= 0.6 is 0 Å². The van der Waals surface area contributed by atoms with Gasteiger partial charge in [0.1, 0.15) is 0 Å². The van der Waals surface area contributed by atoms with Crippen LogP contribution in [0.25, 0.3) is 0 Å². The summed E-state index contributed by atoms with van der Waals surface area (Å²) in [6.45, 7) is 7.09. The van der Waals surface area contributed by atoms with E-state index in [-0.39, 0.29) is 11.9 Å². The van der Waals surface area contributed by atoms with E-state index in [1.807, 2.05) is 11.8 Å². The number of nitrogen functional groups attached to an aromatic ring is 1. The van der Waals surface area contributed by atoms with Crippen molar-refractivity contribution in [3.05, 3.63) is 11.4 Å². The van der Waals surface area contributed by atoms with Crippen molar-refractivity contribution in [2.45, 2.75) is 46.1 Å². The molecule has 1 saturated heterocycles. The Balaban J connectivity index is 2.22. The molecule has 5 heteroatoms. The van der Waals surface area contributed by atoms with Crippen LogP contribution in [0.3, 0.4) is 0 Å². The van der Waals surface area contributed by atoms with Crippen LogP contribution in [0, 0.1) is 5.92 Å². The van der Waals surface area contributed by atoms with E-state index >= 15 is 0 Å². The molecule has 0 aromatic carbocycles. The van der Waals surface area contributed by atoms with Crippen molar-refractivity contribution in [1.29, 1.82) is 0 Å². The Bertz CT molecular complexity index is 440. The zero-order valence-corrected chi connectivity index (χ0v) is 11.4. The summed E-state index contributed by atoms with van der Waals surface area (Å²) in [4.78, 5) is 14.4. The number of nitrogens with zero attached hydrogens (tertiary/aromatic N) is 2. The minimum atomic E-state index is -0.0394. The minimum Gasteiger partial charge on any atom is -0.395 e. The molecule has 3 N–H and O–H groups in total. The van der Waals surface area contributed by atoms with Gasteiger partial charge in [-0.25, -0.2) is 0 Å². The van der Waals surface area contributed by atoms with Crippen molar-refractivity contribution in [1.82, 2.24) is 15.1 Å². The Morgan fingerprint density at radius 3 is 2.89 bits per heavy atom. The minimum absolute atomic E-state index is 0.0394. The van der Waals surface area contributed by atoms with Crippen LogP contribution in [0.4, 0.5) is 5.69 Å². The molecule has 2 rings (SSSR count). The highest BCUT2D eigenvalue weighted by Crippen LogP contribution is 2.26. The van der Waals surface area contributed by atoms with Gasteiger partial charge in [-0.1, -0.05) is 13.8 Å². The molecule has 1 fully saturated rings. The number of amides is 1. The predicted molar refractivity (Wildman–Crippen MR) is 71.3 cm³/mol. The average molecular weight is 250 g/mol. The van der Waals surface area contributed by atoms with Gasteiger partial charge in [-0.2, -0.15) is 5.10 Å². The van der Waals surface area contributed by atoms with E-state index in [9.17, 15) is 4.79 Å². The molecule has 2 heterocycles. The van der Waals surface area contributed by atoms with Crippen molar-refractivity contribution in [2.75, 3.05) is 12.3 Å². The number of aryl methyl sites for hydroxylation is 1.